The van der Waals surface area contributed by atoms with Gasteiger partial charge in [-0.3, -0.25) is 4.79 Å². The number of phenolic OH excluding ortho intramolecular Hbond substituents is 1. The van der Waals surface area contributed by atoms with Crippen molar-refractivity contribution in [2.45, 2.75) is 18.8 Å². The minimum Gasteiger partial charge on any atom is -0.508 e. The van der Waals surface area contributed by atoms with Gasteiger partial charge in [0, 0.05) is 46.9 Å². The maximum absolute atomic E-state index is 12.9. The summed E-state index contributed by atoms with van der Waals surface area (Å²) < 4.78 is 6.05. The third-order valence-corrected chi connectivity index (χ3v) is 6.07. The number of phenols is 1. The zero-order valence-corrected chi connectivity index (χ0v) is 14.7. The largest absolute Gasteiger partial charge is 0.508 e. The summed E-state index contributed by atoms with van der Waals surface area (Å²) in [6.45, 7) is 1.84. The molecule has 1 aliphatic heterocycles. The number of nitrogens with zero attached hydrogens (tertiary/aromatic N) is 1. The number of fused-ring (bicyclic) bond motifs is 6. The van der Waals surface area contributed by atoms with Gasteiger partial charge in [-0.25, -0.2) is 0 Å². The fourth-order valence-corrected chi connectivity index (χ4v) is 4.88. The molecule has 2 aliphatic carbocycles. The van der Waals surface area contributed by atoms with Crippen LogP contribution in [-0.2, 0) is 10.2 Å². The van der Waals surface area contributed by atoms with Gasteiger partial charge >= 0.3 is 0 Å². The Morgan fingerprint density at radius 2 is 1.89 bits per heavy atom. The molecule has 1 fully saturated rings. The van der Waals surface area contributed by atoms with Crippen molar-refractivity contribution in [3.05, 3.63) is 76.2 Å². The number of allylic oxidation sites excluding steroid dienone is 4. The summed E-state index contributed by atoms with van der Waals surface area (Å²) in [5, 5.41) is 13.0. The number of carbonyl (C=O) groups is 1. The van der Waals surface area contributed by atoms with Crippen molar-refractivity contribution in [2.24, 2.45) is 17.0 Å². The van der Waals surface area contributed by atoms with Crippen molar-refractivity contribution in [1.82, 2.24) is 0 Å². The predicted molar refractivity (Wildman–Crippen MR) is 100 cm³/mol. The normalized spacial score (nSPS) is 27.1. The second-order valence-electron chi connectivity index (χ2n) is 7.44. The molecule has 0 radical (unpaired) electrons. The minimum atomic E-state index is -0.591. The van der Waals surface area contributed by atoms with Crippen molar-refractivity contribution >= 4 is 11.5 Å². The topological polar surface area (TPSA) is 76.0 Å². The number of nitroso groups, excluding NO2 is 1. The summed E-state index contributed by atoms with van der Waals surface area (Å²) in [7, 11) is 0. The quantitative estimate of drug-likeness (QED) is 0.741. The van der Waals surface area contributed by atoms with Gasteiger partial charge in [-0.1, -0.05) is 30.4 Å². The van der Waals surface area contributed by atoms with Crippen molar-refractivity contribution in [3.63, 3.8) is 0 Å². The average molecular weight is 359 g/mol. The summed E-state index contributed by atoms with van der Waals surface area (Å²) in [6, 6.07) is 8.59. The van der Waals surface area contributed by atoms with E-state index in [1.807, 2.05) is 37.3 Å². The first kappa shape index (κ1) is 16.0. The number of Topliss-reactive ketones (excluding diaryl/α,β-unsaturated/α-hetero) is 1. The van der Waals surface area contributed by atoms with E-state index in [1.165, 1.54) is 0 Å². The molecule has 5 nitrogen and oxygen atoms in total. The number of aryl methyl sites for hydroxylation is 1. The summed E-state index contributed by atoms with van der Waals surface area (Å²) in [4.78, 5) is 24.1. The number of hydrogen-bond donors (Lipinski definition) is 1. The zero-order valence-electron chi connectivity index (χ0n) is 14.7. The molecule has 0 bridgehead atoms. The van der Waals surface area contributed by atoms with Crippen molar-refractivity contribution in [2.75, 3.05) is 0 Å². The number of benzene rings is 2. The smallest absolute Gasteiger partial charge is 0.141 e. The summed E-state index contributed by atoms with van der Waals surface area (Å²) >= 11 is 0. The van der Waals surface area contributed by atoms with Crippen LogP contribution in [0.3, 0.4) is 0 Å². The van der Waals surface area contributed by atoms with E-state index in [1.54, 1.807) is 18.2 Å². The third kappa shape index (κ3) is 2.02. The van der Waals surface area contributed by atoms with Crippen molar-refractivity contribution < 1.29 is 14.6 Å². The molecule has 1 N–H and O–H groups in total. The monoisotopic (exact) mass is 359 g/mol. The molecule has 27 heavy (non-hydrogen) atoms. The van der Waals surface area contributed by atoms with E-state index in [0.717, 1.165) is 16.7 Å². The van der Waals surface area contributed by atoms with Crippen molar-refractivity contribution in [3.8, 4) is 17.2 Å². The molecule has 1 saturated carbocycles. The molecule has 134 valence electrons. The Hall–Kier alpha value is -3.21. The molecule has 2 aromatic carbocycles. The van der Waals surface area contributed by atoms with E-state index < -0.39 is 5.41 Å². The summed E-state index contributed by atoms with van der Waals surface area (Å²) in [5.41, 5.74) is 2.25. The van der Waals surface area contributed by atoms with Crippen LogP contribution in [0.1, 0.15) is 23.1 Å². The van der Waals surface area contributed by atoms with Crippen LogP contribution in [0.2, 0.25) is 0 Å². The summed E-state index contributed by atoms with van der Waals surface area (Å²) in [5.74, 6) is 1.07. The number of aromatic hydroxyl groups is 1. The number of ether oxygens (including phenoxy) is 1. The molecule has 5 heteroatoms. The van der Waals surface area contributed by atoms with Crippen LogP contribution in [0, 0.1) is 23.7 Å². The lowest BCUT2D eigenvalue weighted by Crippen LogP contribution is -2.36. The fourth-order valence-electron chi connectivity index (χ4n) is 4.88. The first-order valence-electron chi connectivity index (χ1n) is 8.92. The van der Waals surface area contributed by atoms with Gasteiger partial charge in [-0.15, -0.1) is 4.91 Å². The molecule has 3 aliphatic rings. The number of rotatable bonds is 1. The Bertz CT molecular complexity index is 1070. The van der Waals surface area contributed by atoms with Gasteiger partial charge in [0.15, 0.2) is 0 Å². The highest BCUT2D eigenvalue weighted by atomic mass is 16.5. The van der Waals surface area contributed by atoms with E-state index in [2.05, 4.69) is 11.3 Å². The van der Waals surface area contributed by atoms with Crippen LogP contribution in [0.25, 0.3) is 0 Å². The van der Waals surface area contributed by atoms with E-state index in [4.69, 9.17) is 4.74 Å². The lowest BCUT2D eigenvalue weighted by Gasteiger charge is -2.41. The first-order chi connectivity index (χ1) is 13.0. The van der Waals surface area contributed by atoms with Crippen LogP contribution in [-0.4, -0.2) is 10.9 Å². The average Bonchev–Trinajstić information content (AvgIpc) is 2.96. The van der Waals surface area contributed by atoms with Gasteiger partial charge in [-0.05, 0) is 29.8 Å². The molecular weight excluding hydrogens is 342 g/mol. The highest BCUT2D eigenvalue weighted by molar-refractivity contribution is 5.91. The highest BCUT2D eigenvalue weighted by Crippen LogP contribution is 2.61. The molecule has 0 amide bonds. The van der Waals surface area contributed by atoms with E-state index in [-0.39, 0.29) is 23.4 Å². The maximum atomic E-state index is 12.9. The fraction of sp³-hybridized carbons (Fsp3) is 0.227. The van der Waals surface area contributed by atoms with Gasteiger partial charge in [0.1, 0.15) is 28.7 Å². The molecule has 0 saturated heterocycles. The molecule has 1 spiro atoms. The second-order valence-corrected chi connectivity index (χ2v) is 7.44. The van der Waals surface area contributed by atoms with Gasteiger partial charge in [0.05, 0.1) is 0 Å². The number of carbonyl (C=O) groups excluding carboxylic acids is 1. The Balaban J connectivity index is 1.85. The lowest BCUT2D eigenvalue weighted by molar-refractivity contribution is -0.119. The Morgan fingerprint density at radius 3 is 2.70 bits per heavy atom. The Morgan fingerprint density at radius 1 is 1.11 bits per heavy atom. The van der Waals surface area contributed by atoms with Crippen LogP contribution >= 0.6 is 0 Å². The number of ketones is 1. The van der Waals surface area contributed by atoms with Crippen LogP contribution in [0.4, 0.5) is 5.69 Å². The van der Waals surface area contributed by atoms with E-state index >= 15 is 0 Å². The third-order valence-electron chi connectivity index (χ3n) is 6.07. The maximum Gasteiger partial charge on any atom is 0.141 e. The van der Waals surface area contributed by atoms with E-state index in [9.17, 15) is 14.8 Å². The zero-order chi connectivity index (χ0) is 18.8. The van der Waals surface area contributed by atoms with Crippen molar-refractivity contribution in [1.29, 1.82) is 0 Å². The van der Waals surface area contributed by atoms with Gasteiger partial charge in [0.25, 0.3) is 0 Å². The lowest BCUT2D eigenvalue weighted by atomic mass is 9.63. The van der Waals surface area contributed by atoms with Gasteiger partial charge < -0.3 is 9.84 Å². The molecular formula is C22H17NO4. The van der Waals surface area contributed by atoms with E-state index in [0.29, 0.717) is 23.6 Å². The van der Waals surface area contributed by atoms with Gasteiger partial charge in [-0.2, -0.15) is 0 Å². The molecule has 2 aromatic rings. The van der Waals surface area contributed by atoms with Gasteiger partial charge in [0.2, 0.25) is 0 Å². The Labute approximate surface area is 156 Å². The molecule has 0 aromatic heterocycles. The highest BCUT2D eigenvalue weighted by Gasteiger charge is 2.57. The molecule has 1 heterocycles. The Kier molecular flexibility index (Phi) is 3.20. The number of hydrogen-bond acceptors (Lipinski definition) is 5. The minimum absolute atomic E-state index is 0.0459. The van der Waals surface area contributed by atoms with Crippen LogP contribution < -0.4 is 4.74 Å². The molecule has 3 unspecified atom stereocenters. The predicted octanol–water partition coefficient (Wildman–Crippen LogP) is 4.82. The molecule has 3 atom stereocenters. The second kappa shape index (κ2) is 5.39. The molecule has 5 rings (SSSR count). The van der Waals surface area contributed by atoms with Crippen LogP contribution in [0.5, 0.6) is 17.2 Å². The van der Waals surface area contributed by atoms with Crippen LogP contribution in [0.15, 0.2) is 59.8 Å². The summed E-state index contributed by atoms with van der Waals surface area (Å²) in [6.07, 6.45) is 8.29. The SMILES string of the molecule is Cc1cc2c(cc1N=O)Oc1cc(O)ccc1C21CC(=O)C2C=CC=CC21. The first-order valence-corrected chi connectivity index (χ1v) is 8.92. The standard InChI is InChI=1S/C22H17NO4/c1-12-8-17-21(10-18(12)23-26)27-20-9-13(24)6-7-16(20)22(17)11-19(25)14-4-2-3-5-15(14)22/h2-10,14-15,24H,11H2,1H3.